The van der Waals surface area contributed by atoms with Crippen molar-refractivity contribution in [2.24, 2.45) is 0 Å². The summed E-state index contributed by atoms with van der Waals surface area (Å²) in [5, 5.41) is 13.6. The van der Waals surface area contributed by atoms with Gasteiger partial charge in [-0.25, -0.2) is 4.79 Å². The third kappa shape index (κ3) is 5.08. The molecule has 0 bridgehead atoms. The molecule has 0 aliphatic heterocycles. The Balaban J connectivity index is 1.76. The molecule has 3 atom stereocenters. The fourth-order valence-corrected chi connectivity index (χ4v) is 3.93. The Bertz CT molecular complexity index is 483. The summed E-state index contributed by atoms with van der Waals surface area (Å²) in [4.78, 5) is 11.9. The Kier molecular flexibility index (Phi) is 6.10. The zero-order valence-electron chi connectivity index (χ0n) is 12.2. The van der Waals surface area contributed by atoms with Crippen LogP contribution < -0.4 is 10.6 Å². The molecule has 3 unspecified atom stereocenters. The molecule has 1 aromatic rings. The smallest absolute Gasteiger partial charge is 0.315 e. The average molecular weight is 310 g/mol. The molecule has 1 aliphatic carbocycles. The highest BCUT2D eigenvalue weighted by molar-refractivity contribution is 7.85. The Hall–Kier alpha value is -1.50. The van der Waals surface area contributed by atoms with Gasteiger partial charge in [-0.1, -0.05) is 13.3 Å². The number of hydrogen-bond acceptors (Lipinski definition) is 4. The van der Waals surface area contributed by atoms with Crippen LogP contribution in [0.1, 0.15) is 38.3 Å². The first kappa shape index (κ1) is 15.9. The number of carbonyl (C=O) groups excluding carboxylic acids is 1. The van der Waals surface area contributed by atoms with E-state index in [-0.39, 0.29) is 17.3 Å². The van der Waals surface area contributed by atoms with Crippen LogP contribution in [0.15, 0.2) is 18.3 Å². The molecule has 116 valence electrons. The molecule has 2 amide bonds. The number of carbonyl (C=O) groups is 1. The van der Waals surface area contributed by atoms with Gasteiger partial charge in [0, 0.05) is 34.0 Å². The van der Waals surface area contributed by atoms with Gasteiger partial charge in [0.2, 0.25) is 0 Å². The van der Waals surface area contributed by atoms with Crippen LogP contribution in [-0.4, -0.2) is 37.5 Å². The molecule has 0 spiro atoms. The molecule has 1 saturated carbocycles. The lowest BCUT2D eigenvalue weighted by Gasteiger charge is -2.29. The molecule has 2 rings (SSSR count). The van der Waals surface area contributed by atoms with E-state index in [1.54, 1.807) is 12.3 Å². The second-order valence-corrected chi connectivity index (χ2v) is 7.20. The van der Waals surface area contributed by atoms with Crippen LogP contribution in [0.2, 0.25) is 0 Å². The lowest BCUT2D eigenvalue weighted by molar-refractivity contribution is 0.232. The van der Waals surface area contributed by atoms with Crippen molar-refractivity contribution >= 4 is 16.8 Å². The molecule has 0 radical (unpaired) electrons. The summed E-state index contributed by atoms with van der Waals surface area (Å²) in [6.07, 6.45) is 5.37. The fraction of sp³-hybridized carbons (Fsp3) is 0.643. The number of nitrogens with zero attached hydrogens (tertiary/aromatic N) is 2. The molecule has 7 heteroatoms. The van der Waals surface area contributed by atoms with Gasteiger partial charge in [0.15, 0.2) is 0 Å². The SMILES string of the molecule is CCS(=O)C1CCCC(NC(=O)NCc2cccnn2)C1. The topological polar surface area (TPSA) is 84.0 Å². The van der Waals surface area contributed by atoms with Gasteiger partial charge in [0.25, 0.3) is 0 Å². The van der Waals surface area contributed by atoms with Crippen molar-refractivity contribution in [1.82, 2.24) is 20.8 Å². The van der Waals surface area contributed by atoms with Gasteiger partial charge >= 0.3 is 6.03 Å². The van der Waals surface area contributed by atoms with Crippen molar-refractivity contribution in [1.29, 1.82) is 0 Å². The molecule has 1 heterocycles. The van der Waals surface area contributed by atoms with E-state index in [9.17, 15) is 9.00 Å². The summed E-state index contributed by atoms with van der Waals surface area (Å²) < 4.78 is 11.9. The standard InChI is InChI=1S/C14H22N4O2S/c1-2-21(20)13-7-3-5-11(9-13)17-14(19)15-10-12-6-4-8-16-18-12/h4,6,8,11,13H,2-3,5,7,9-10H2,1H3,(H2,15,17,19). The maximum absolute atomic E-state index is 11.9. The van der Waals surface area contributed by atoms with Gasteiger partial charge in [0.1, 0.15) is 0 Å². The quantitative estimate of drug-likeness (QED) is 0.860. The molecular formula is C14H22N4O2S. The molecule has 6 nitrogen and oxygen atoms in total. The van der Waals surface area contributed by atoms with Crippen LogP contribution in [0.25, 0.3) is 0 Å². The van der Waals surface area contributed by atoms with Gasteiger partial charge in [0.05, 0.1) is 12.2 Å². The molecule has 1 aromatic heterocycles. The van der Waals surface area contributed by atoms with Gasteiger partial charge in [-0.05, 0) is 31.4 Å². The number of rotatable bonds is 5. The van der Waals surface area contributed by atoms with E-state index < -0.39 is 10.8 Å². The van der Waals surface area contributed by atoms with Gasteiger partial charge in [-0.3, -0.25) is 4.21 Å². The monoisotopic (exact) mass is 310 g/mol. The van der Waals surface area contributed by atoms with Crippen molar-refractivity contribution in [2.45, 2.75) is 50.4 Å². The minimum absolute atomic E-state index is 0.112. The fourth-order valence-electron chi connectivity index (χ4n) is 2.59. The van der Waals surface area contributed by atoms with Crippen LogP contribution >= 0.6 is 0 Å². The maximum atomic E-state index is 11.9. The highest BCUT2D eigenvalue weighted by Gasteiger charge is 2.26. The predicted octanol–water partition coefficient (Wildman–Crippen LogP) is 1.36. The van der Waals surface area contributed by atoms with Gasteiger partial charge in [-0.2, -0.15) is 10.2 Å². The predicted molar refractivity (Wildman–Crippen MR) is 82.1 cm³/mol. The zero-order valence-corrected chi connectivity index (χ0v) is 13.1. The molecule has 0 saturated heterocycles. The first-order chi connectivity index (χ1) is 10.2. The summed E-state index contributed by atoms with van der Waals surface area (Å²) in [5.41, 5.74) is 0.723. The third-order valence-electron chi connectivity index (χ3n) is 3.68. The summed E-state index contributed by atoms with van der Waals surface area (Å²) >= 11 is 0. The van der Waals surface area contributed by atoms with Gasteiger partial charge < -0.3 is 10.6 Å². The summed E-state index contributed by atoms with van der Waals surface area (Å²) in [6.45, 7) is 2.30. The number of urea groups is 1. The second kappa shape index (κ2) is 8.07. The van der Waals surface area contributed by atoms with E-state index in [0.717, 1.165) is 31.4 Å². The normalized spacial score (nSPS) is 23.3. The largest absolute Gasteiger partial charge is 0.335 e. The minimum Gasteiger partial charge on any atom is -0.335 e. The Labute approximate surface area is 127 Å². The van der Waals surface area contributed by atoms with E-state index in [1.165, 1.54) is 0 Å². The highest BCUT2D eigenvalue weighted by atomic mass is 32.2. The second-order valence-electron chi connectivity index (χ2n) is 5.20. The van der Waals surface area contributed by atoms with Crippen LogP contribution in [0.5, 0.6) is 0 Å². The van der Waals surface area contributed by atoms with Crippen molar-refractivity contribution in [2.75, 3.05) is 5.75 Å². The van der Waals surface area contributed by atoms with E-state index in [1.807, 2.05) is 13.0 Å². The summed E-state index contributed by atoms with van der Waals surface area (Å²) in [7, 11) is -0.772. The van der Waals surface area contributed by atoms with E-state index in [2.05, 4.69) is 20.8 Å². The van der Waals surface area contributed by atoms with Crippen LogP contribution in [0.4, 0.5) is 4.79 Å². The van der Waals surface area contributed by atoms with E-state index in [0.29, 0.717) is 12.3 Å². The number of hydrogen-bond donors (Lipinski definition) is 2. The third-order valence-corrected chi connectivity index (χ3v) is 5.42. The van der Waals surface area contributed by atoms with Crippen LogP contribution in [0, 0.1) is 0 Å². The molecule has 2 N–H and O–H groups in total. The number of nitrogens with one attached hydrogen (secondary N) is 2. The van der Waals surface area contributed by atoms with E-state index in [4.69, 9.17) is 0 Å². The Morgan fingerprint density at radius 3 is 3.05 bits per heavy atom. The Morgan fingerprint density at radius 1 is 1.48 bits per heavy atom. The van der Waals surface area contributed by atoms with Crippen molar-refractivity contribution < 1.29 is 9.00 Å². The first-order valence-corrected chi connectivity index (χ1v) is 8.75. The highest BCUT2D eigenvalue weighted by Crippen LogP contribution is 2.22. The maximum Gasteiger partial charge on any atom is 0.315 e. The molecule has 0 aromatic carbocycles. The van der Waals surface area contributed by atoms with E-state index >= 15 is 0 Å². The summed E-state index contributed by atoms with van der Waals surface area (Å²) in [5.74, 6) is 0.691. The van der Waals surface area contributed by atoms with Crippen LogP contribution in [-0.2, 0) is 17.3 Å². The number of aromatic nitrogens is 2. The molecule has 21 heavy (non-hydrogen) atoms. The lowest BCUT2D eigenvalue weighted by atomic mass is 9.95. The summed E-state index contributed by atoms with van der Waals surface area (Å²) in [6, 6.07) is 3.51. The molecule has 1 aliphatic rings. The minimum atomic E-state index is -0.772. The first-order valence-electron chi connectivity index (χ1n) is 7.37. The van der Waals surface area contributed by atoms with Crippen LogP contribution in [0.3, 0.4) is 0 Å². The van der Waals surface area contributed by atoms with Crippen molar-refractivity contribution in [3.8, 4) is 0 Å². The van der Waals surface area contributed by atoms with Gasteiger partial charge in [-0.15, -0.1) is 0 Å². The van der Waals surface area contributed by atoms with Crippen molar-refractivity contribution in [3.63, 3.8) is 0 Å². The number of amides is 2. The Morgan fingerprint density at radius 2 is 2.33 bits per heavy atom. The average Bonchev–Trinajstić information content (AvgIpc) is 2.53. The van der Waals surface area contributed by atoms with Crippen molar-refractivity contribution in [3.05, 3.63) is 24.0 Å². The molecule has 1 fully saturated rings. The zero-order chi connectivity index (χ0) is 15.1. The lowest BCUT2D eigenvalue weighted by Crippen LogP contribution is -2.45. The molecular weight excluding hydrogens is 288 g/mol.